The fourth-order valence-electron chi connectivity index (χ4n) is 3.14. The molecule has 0 atom stereocenters. The van der Waals surface area contributed by atoms with E-state index in [1.165, 1.54) is 0 Å². The molecule has 7 heteroatoms. The molecule has 0 fully saturated rings. The first-order valence-corrected chi connectivity index (χ1v) is 10.2. The molecule has 0 spiro atoms. The Morgan fingerprint density at radius 3 is 2.56 bits per heavy atom. The molecular weight excluding hydrogens is 404 g/mol. The lowest BCUT2D eigenvalue weighted by Crippen LogP contribution is -2.23. The van der Waals surface area contributed by atoms with Crippen molar-refractivity contribution >= 4 is 17.5 Å². The van der Waals surface area contributed by atoms with E-state index < -0.39 is 0 Å². The first-order chi connectivity index (χ1) is 15.7. The van der Waals surface area contributed by atoms with Crippen LogP contribution in [0, 0.1) is 0 Å². The molecule has 0 unspecified atom stereocenters. The highest BCUT2D eigenvalue weighted by atomic mass is 16.4. The molecule has 0 radical (unpaired) electrons. The van der Waals surface area contributed by atoms with Gasteiger partial charge in [-0.25, -0.2) is 4.98 Å². The summed E-state index contributed by atoms with van der Waals surface area (Å²) in [6.45, 7) is 0.360. The molecule has 0 saturated heterocycles. The maximum atomic E-state index is 12.3. The van der Waals surface area contributed by atoms with Crippen molar-refractivity contribution in [3.63, 3.8) is 0 Å². The monoisotopic (exact) mass is 426 g/mol. The van der Waals surface area contributed by atoms with Gasteiger partial charge in [0.1, 0.15) is 0 Å². The SMILES string of the molecule is O=C(CCc1ncc(-c2ccccc2)o1)NCc1cccc(NC(=O)c2ccncc2)c1. The van der Waals surface area contributed by atoms with E-state index in [1.807, 2.05) is 48.5 Å². The topological polar surface area (TPSA) is 97.1 Å². The minimum Gasteiger partial charge on any atom is -0.441 e. The average Bonchev–Trinajstić information content (AvgIpc) is 3.32. The molecule has 4 rings (SSSR count). The molecule has 0 aliphatic rings. The fraction of sp³-hybridized carbons (Fsp3) is 0.120. The standard InChI is InChI=1S/C25H22N4O3/c30-23(9-10-24-28-17-22(32-24)19-6-2-1-3-7-19)27-16-18-5-4-8-21(15-18)29-25(31)20-11-13-26-14-12-20/h1-8,11-15,17H,9-10,16H2,(H,27,30)(H,29,31). The van der Waals surface area contributed by atoms with Crippen LogP contribution in [0.15, 0.2) is 89.7 Å². The van der Waals surface area contributed by atoms with E-state index >= 15 is 0 Å². The molecule has 2 aromatic heterocycles. The van der Waals surface area contributed by atoms with Gasteiger partial charge in [-0.05, 0) is 29.8 Å². The van der Waals surface area contributed by atoms with Crippen LogP contribution in [-0.4, -0.2) is 21.8 Å². The van der Waals surface area contributed by atoms with Crippen LogP contribution in [0.1, 0.15) is 28.2 Å². The van der Waals surface area contributed by atoms with Gasteiger partial charge in [-0.2, -0.15) is 0 Å². The Kier molecular flexibility index (Phi) is 6.67. The van der Waals surface area contributed by atoms with Gasteiger partial charge in [0.25, 0.3) is 5.91 Å². The molecule has 0 bridgehead atoms. The smallest absolute Gasteiger partial charge is 0.255 e. The van der Waals surface area contributed by atoms with Crippen LogP contribution in [0.3, 0.4) is 0 Å². The maximum absolute atomic E-state index is 12.3. The summed E-state index contributed by atoms with van der Waals surface area (Å²) >= 11 is 0. The van der Waals surface area contributed by atoms with E-state index in [2.05, 4.69) is 20.6 Å². The summed E-state index contributed by atoms with van der Waals surface area (Å²) in [6, 6.07) is 20.4. The summed E-state index contributed by atoms with van der Waals surface area (Å²) in [7, 11) is 0. The fourth-order valence-corrected chi connectivity index (χ4v) is 3.14. The van der Waals surface area contributed by atoms with Gasteiger partial charge >= 0.3 is 0 Å². The Morgan fingerprint density at radius 1 is 0.938 bits per heavy atom. The molecule has 32 heavy (non-hydrogen) atoms. The number of aryl methyl sites for hydroxylation is 1. The first kappa shape index (κ1) is 21.0. The van der Waals surface area contributed by atoms with Gasteiger partial charge in [-0.3, -0.25) is 14.6 Å². The molecule has 2 heterocycles. The molecule has 7 nitrogen and oxygen atoms in total. The molecule has 0 aliphatic carbocycles. The van der Waals surface area contributed by atoms with Crippen molar-refractivity contribution in [2.75, 3.05) is 5.32 Å². The van der Waals surface area contributed by atoms with Gasteiger partial charge in [0.2, 0.25) is 5.91 Å². The van der Waals surface area contributed by atoms with Crippen LogP contribution in [0.2, 0.25) is 0 Å². The van der Waals surface area contributed by atoms with Crippen LogP contribution in [0.25, 0.3) is 11.3 Å². The Labute approximate surface area is 185 Å². The van der Waals surface area contributed by atoms with E-state index in [4.69, 9.17) is 4.42 Å². The minimum atomic E-state index is -0.214. The molecule has 2 aromatic carbocycles. The van der Waals surface area contributed by atoms with Crippen LogP contribution in [0.5, 0.6) is 0 Å². The summed E-state index contributed by atoms with van der Waals surface area (Å²) in [5, 5.41) is 5.74. The zero-order valence-electron chi connectivity index (χ0n) is 17.3. The van der Waals surface area contributed by atoms with Gasteiger partial charge in [0, 0.05) is 48.6 Å². The van der Waals surface area contributed by atoms with Crippen molar-refractivity contribution in [1.29, 1.82) is 0 Å². The summed E-state index contributed by atoms with van der Waals surface area (Å²) in [6.07, 6.45) is 5.51. The van der Waals surface area contributed by atoms with E-state index in [0.717, 1.165) is 11.1 Å². The number of nitrogens with zero attached hydrogens (tertiary/aromatic N) is 2. The number of rotatable bonds is 8. The number of amides is 2. The first-order valence-electron chi connectivity index (χ1n) is 10.2. The van der Waals surface area contributed by atoms with Gasteiger partial charge in [0.05, 0.1) is 6.20 Å². The molecule has 4 aromatic rings. The number of carbonyl (C=O) groups excluding carboxylic acids is 2. The molecule has 160 valence electrons. The lowest BCUT2D eigenvalue weighted by molar-refractivity contribution is -0.121. The van der Waals surface area contributed by atoms with Crippen LogP contribution >= 0.6 is 0 Å². The second-order valence-electron chi connectivity index (χ2n) is 7.15. The number of anilines is 1. The highest BCUT2D eigenvalue weighted by Crippen LogP contribution is 2.20. The van der Waals surface area contributed by atoms with Crippen molar-refractivity contribution < 1.29 is 14.0 Å². The quantitative estimate of drug-likeness (QED) is 0.439. The zero-order chi connectivity index (χ0) is 22.2. The summed E-state index contributed by atoms with van der Waals surface area (Å²) in [5.41, 5.74) is 3.02. The molecule has 2 N–H and O–H groups in total. The number of aromatic nitrogens is 2. The maximum Gasteiger partial charge on any atom is 0.255 e. The number of hydrogen-bond acceptors (Lipinski definition) is 5. The van der Waals surface area contributed by atoms with Crippen LogP contribution in [0.4, 0.5) is 5.69 Å². The third kappa shape index (κ3) is 5.66. The van der Waals surface area contributed by atoms with Crippen molar-refractivity contribution in [3.8, 4) is 11.3 Å². The van der Waals surface area contributed by atoms with Crippen molar-refractivity contribution in [2.45, 2.75) is 19.4 Å². The second kappa shape index (κ2) is 10.2. The average molecular weight is 426 g/mol. The Balaban J connectivity index is 1.26. The number of carbonyl (C=O) groups is 2. The Hall–Kier alpha value is -4.26. The lowest BCUT2D eigenvalue weighted by Gasteiger charge is -2.08. The van der Waals surface area contributed by atoms with E-state index in [-0.39, 0.29) is 18.2 Å². The largest absolute Gasteiger partial charge is 0.441 e. The van der Waals surface area contributed by atoms with Gasteiger partial charge in [-0.1, -0.05) is 42.5 Å². The molecular formula is C25H22N4O3. The summed E-state index contributed by atoms with van der Waals surface area (Å²) in [4.78, 5) is 32.7. The Bertz CT molecular complexity index is 1190. The summed E-state index contributed by atoms with van der Waals surface area (Å²) in [5.74, 6) is 0.900. The number of hydrogen-bond donors (Lipinski definition) is 2. The predicted molar refractivity (Wildman–Crippen MR) is 121 cm³/mol. The van der Waals surface area contributed by atoms with Gasteiger partial charge in [0.15, 0.2) is 11.7 Å². The highest BCUT2D eigenvalue weighted by Gasteiger charge is 2.10. The summed E-state index contributed by atoms with van der Waals surface area (Å²) < 4.78 is 5.74. The molecule has 0 aliphatic heterocycles. The number of oxazole rings is 1. The highest BCUT2D eigenvalue weighted by molar-refractivity contribution is 6.04. The zero-order valence-corrected chi connectivity index (χ0v) is 17.3. The third-order valence-electron chi connectivity index (χ3n) is 4.79. The normalized spacial score (nSPS) is 10.5. The molecule has 2 amide bonds. The van der Waals surface area contributed by atoms with Crippen LogP contribution in [-0.2, 0) is 17.8 Å². The lowest BCUT2D eigenvalue weighted by atomic mass is 10.2. The number of pyridine rings is 1. The van der Waals surface area contributed by atoms with Crippen molar-refractivity contribution in [1.82, 2.24) is 15.3 Å². The number of benzene rings is 2. The van der Waals surface area contributed by atoms with Gasteiger partial charge < -0.3 is 15.1 Å². The Morgan fingerprint density at radius 2 is 1.75 bits per heavy atom. The van der Waals surface area contributed by atoms with E-state index in [9.17, 15) is 9.59 Å². The third-order valence-corrected chi connectivity index (χ3v) is 4.79. The second-order valence-corrected chi connectivity index (χ2v) is 7.15. The van der Waals surface area contributed by atoms with E-state index in [1.54, 1.807) is 36.8 Å². The van der Waals surface area contributed by atoms with Crippen molar-refractivity contribution in [3.05, 3.63) is 102 Å². The van der Waals surface area contributed by atoms with Gasteiger partial charge in [-0.15, -0.1) is 0 Å². The number of nitrogens with one attached hydrogen (secondary N) is 2. The van der Waals surface area contributed by atoms with Crippen LogP contribution < -0.4 is 10.6 Å². The predicted octanol–water partition coefficient (Wildman–Crippen LogP) is 4.24. The van der Waals surface area contributed by atoms with E-state index in [0.29, 0.717) is 35.9 Å². The minimum absolute atomic E-state index is 0.101. The van der Waals surface area contributed by atoms with Crippen molar-refractivity contribution in [2.24, 2.45) is 0 Å². The molecule has 0 saturated carbocycles.